The molecule has 0 unspecified atom stereocenters. The molecule has 4 rings (SSSR count). The van der Waals surface area contributed by atoms with Gasteiger partial charge in [0, 0.05) is 55.8 Å². The number of rotatable bonds is 4. The van der Waals surface area contributed by atoms with Gasteiger partial charge in [-0.05, 0) is 12.8 Å². The Bertz CT molecular complexity index is 607. The van der Waals surface area contributed by atoms with Crippen molar-refractivity contribution in [1.29, 1.82) is 0 Å². The van der Waals surface area contributed by atoms with Gasteiger partial charge in [0.1, 0.15) is 11.9 Å². The molecule has 22 heavy (non-hydrogen) atoms. The Hall–Kier alpha value is -1.76. The van der Waals surface area contributed by atoms with Crippen LogP contribution in [-0.2, 0) is 0 Å². The molecule has 0 spiro atoms. The highest BCUT2D eigenvalue weighted by Crippen LogP contribution is 2.36. The van der Waals surface area contributed by atoms with Crippen LogP contribution >= 0.6 is 11.5 Å². The van der Waals surface area contributed by atoms with E-state index in [9.17, 15) is 0 Å². The van der Waals surface area contributed by atoms with Gasteiger partial charge in [0.25, 0.3) is 0 Å². The van der Waals surface area contributed by atoms with Crippen molar-refractivity contribution in [2.75, 3.05) is 18.0 Å². The molecule has 3 heterocycles. The van der Waals surface area contributed by atoms with Crippen LogP contribution in [0.25, 0.3) is 0 Å². The predicted octanol–water partition coefficient (Wildman–Crippen LogP) is 2.64. The molecular weight excluding hydrogens is 298 g/mol. The highest BCUT2D eigenvalue weighted by atomic mass is 32.1. The van der Waals surface area contributed by atoms with E-state index in [0.29, 0.717) is 11.8 Å². The lowest BCUT2D eigenvalue weighted by molar-refractivity contribution is 0.163. The van der Waals surface area contributed by atoms with Gasteiger partial charge in [-0.25, -0.2) is 9.97 Å². The van der Waals surface area contributed by atoms with Gasteiger partial charge in [-0.15, -0.1) is 0 Å². The fourth-order valence-corrected chi connectivity index (χ4v) is 3.67. The molecule has 0 atom stereocenters. The third-order valence-electron chi connectivity index (χ3n) is 4.44. The number of hydrogen-bond donors (Lipinski definition) is 0. The van der Waals surface area contributed by atoms with Crippen molar-refractivity contribution in [2.24, 2.45) is 0 Å². The van der Waals surface area contributed by atoms with Gasteiger partial charge in [-0.1, -0.05) is 6.42 Å². The Morgan fingerprint density at radius 3 is 2.68 bits per heavy atom. The van der Waals surface area contributed by atoms with E-state index in [1.165, 1.54) is 19.3 Å². The van der Waals surface area contributed by atoms with Crippen LogP contribution in [0.15, 0.2) is 18.6 Å². The van der Waals surface area contributed by atoms with Gasteiger partial charge in [0.15, 0.2) is 0 Å². The molecule has 2 aromatic rings. The normalized spacial score (nSPS) is 19.9. The lowest BCUT2D eigenvalue weighted by atomic mass is 9.85. The van der Waals surface area contributed by atoms with Crippen molar-refractivity contribution in [1.82, 2.24) is 19.3 Å². The molecule has 116 valence electrons. The minimum atomic E-state index is 0.215. The Kier molecular flexibility index (Phi) is 3.88. The molecule has 1 saturated carbocycles. The van der Waals surface area contributed by atoms with Crippen LogP contribution in [0, 0.1) is 0 Å². The molecular formula is C15H19N5OS. The number of hydrogen-bond acceptors (Lipinski definition) is 7. The van der Waals surface area contributed by atoms with Gasteiger partial charge >= 0.3 is 0 Å². The summed E-state index contributed by atoms with van der Waals surface area (Å²) >= 11 is 1.54. The Balaban J connectivity index is 1.32. The SMILES string of the molecule is c1cnc(OC2CCN(c3nc(C4CCC4)ns3)CC2)cn1. The summed E-state index contributed by atoms with van der Waals surface area (Å²) in [4.78, 5) is 15.3. The third-order valence-corrected chi connectivity index (χ3v) is 5.23. The Labute approximate surface area is 133 Å². The van der Waals surface area contributed by atoms with Gasteiger partial charge in [0.05, 0.1) is 6.20 Å². The lowest BCUT2D eigenvalue weighted by Gasteiger charge is -2.31. The molecule has 1 aliphatic carbocycles. The molecule has 7 heteroatoms. The third kappa shape index (κ3) is 2.90. The molecule has 2 aromatic heterocycles. The maximum Gasteiger partial charge on any atom is 0.232 e. The van der Waals surface area contributed by atoms with E-state index in [1.807, 2.05) is 0 Å². The largest absolute Gasteiger partial charge is 0.473 e. The Morgan fingerprint density at radius 1 is 1.14 bits per heavy atom. The molecule has 0 aromatic carbocycles. The Morgan fingerprint density at radius 2 is 2.00 bits per heavy atom. The van der Waals surface area contributed by atoms with Gasteiger partial charge in [0.2, 0.25) is 11.0 Å². The number of nitrogens with zero attached hydrogens (tertiary/aromatic N) is 5. The van der Waals surface area contributed by atoms with E-state index in [4.69, 9.17) is 9.72 Å². The van der Waals surface area contributed by atoms with Crippen molar-refractivity contribution >= 4 is 16.7 Å². The van der Waals surface area contributed by atoms with E-state index in [2.05, 4.69) is 19.2 Å². The van der Waals surface area contributed by atoms with E-state index >= 15 is 0 Å². The summed E-state index contributed by atoms with van der Waals surface area (Å²) in [5.74, 6) is 2.29. The van der Waals surface area contributed by atoms with Crippen molar-refractivity contribution in [2.45, 2.75) is 44.1 Å². The average Bonchev–Trinajstić information content (AvgIpc) is 2.97. The fourth-order valence-electron chi connectivity index (χ4n) is 2.87. The van der Waals surface area contributed by atoms with Gasteiger partial charge < -0.3 is 9.64 Å². The minimum Gasteiger partial charge on any atom is -0.473 e. The van der Waals surface area contributed by atoms with E-state index in [1.54, 1.807) is 30.1 Å². The topological polar surface area (TPSA) is 64.0 Å². The summed E-state index contributed by atoms with van der Waals surface area (Å²) in [7, 11) is 0. The van der Waals surface area contributed by atoms with Crippen LogP contribution in [0.1, 0.15) is 43.8 Å². The van der Waals surface area contributed by atoms with Crippen LogP contribution in [-0.4, -0.2) is 38.5 Å². The molecule has 0 amide bonds. The second-order valence-corrected chi connectivity index (χ2v) is 6.64. The summed E-state index contributed by atoms with van der Waals surface area (Å²) in [5.41, 5.74) is 0. The van der Waals surface area contributed by atoms with Crippen molar-refractivity contribution in [3.8, 4) is 5.88 Å². The predicted molar refractivity (Wildman–Crippen MR) is 84.4 cm³/mol. The van der Waals surface area contributed by atoms with Crippen LogP contribution < -0.4 is 9.64 Å². The smallest absolute Gasteiger partial charge is 0.232 e. The molecule has 0 N–H and O–H groups in total. The number of anilines is 1. The van der Waals surface area contributed by atoms with Crippen molar-refractivity contribution in [3.63, 3.8) is 0 Å². The monoisotopic (exact) mass is 317 g/mol. The fraction of sp³-hybridized carbons (Fsp3) is 0.600. The van der Waals surface area contributed by atoms with E-state index in [0.717, 1.165) is 36.9 Å². The molecule has 2 aliphatic rings. The van der Waals surface area contributed by atoms with Crippen LogP contribution in [0.4, 0.5) is 5.13 Å². The number of piperidine rings is 1. The molecule has 1 aliphatic heterocycles. The number of aromatic nitrogens is 4. The van der Waals surface area contributed by atoms with E-state index < -0.39 is 0 Å². The second kappa shape index (κ2) is 6.16. The van der Waals surface area contributed by atoms with Crippen LogP contribution in [0.3, 0.4) is 0 Å². The number of ether oxygens (including phenoxy) is 1. The van der Waals surface area contributed by atoms with Gasteiger partial charge in [-0.3, -0.25) is 4.98 Å². The zero-order valence-corrected chi connectivity index (χ0v) is 13.2. The summed E-state index contributed by atoms with van der Waals surface area (Å²) in [6, 6.07) is 0. The van der Waals surface area contributed by atoms with Crippen LogP contribution in [0.2, 0.25) is 0 Å². The van der Waals surface area contributed by atoms with E-state index in [-0.39, 0.29) is 6.10 Å². The highest BCUT2D eigenvalue weighted by Gasteiger charge is 2.27. The maximum atomic E-state index is 5.88. The van der Waals surface area contributed by atoms with Crippen molar-refractivity contribution in [3.05, 3.63) is 24.4 Å². The highest BCUT2D eigenvalue weighted by molar-refractivity contribution is 7.09. The zero-order chi connectivity index (χ0) is 14.8. The average molecular weight is 317 g/mol. The summed E-state index contributed by atoms with van der Waals surface area (Å²) in [6.07, 6.45) is 11.0. The molecule has 2 fully saturated rings. The minimum absolute atomic E-state index is 0.215. The van der Waals surface area contributed by atoms with Crippen LogP contribution in [0.5, 0.6) is 5.88 Å². The first-order valence-electron chi connectivity index (χ1n) is 7.90. The van der Waals surface area contributed by atoms with Crippen molar-refractivity contribution < 1.29 is 4.74 Å². The first-order chi connectivity index (χ1) is 10.9. The molecule has 1 saturated heterocycles. The molecule has 0 bridgehead atoms. The molecule has 6 nitrogen and oxygen atoms in total. The van der Waals surface area contributed by atoms with Gasteiger partial charge in [-0.2, -0.15) is 4.37 Å². The second-order valence-electron chi connectivity index (χ2n) is 5.91. The first kappa shape index (κ1) is 13.9. The molecule has 0 radical (unpaired) electrons. The first-order valence-corrected chi connectivity index (χ1v) is 8.67. The summed E-state index contributed by atoms with van der Waals surface area (Å²) < 4.78 is 10.4. The standard InChI is InChI=1S/C15H19N5OS/c1-2-11(3-1)14-18-15(22-19-14)20-8-4-12(5-9-20)21-13-10-16-6-7-17-13/h6-7,10-12H,1-5,8-9H2. The quantitative estimate of drug-likeness (QED) is 0.864. The summed E-state index contributed by atoms with van der Waals surface area (Å²) in [5, 5.41) is 1.07. The zero-order valence-electron chi connectivity index (χ0n) is 12.4. The summed E-state index contributed by atoms with van der Waals surface area (Å²) in [6.45, 7) is 1.93. The maximum absolute atomic E-state index is 5.88. The lowest BCUT2D eigenvalue weighted by Crippen LogP contribution is -2.38.